The lowest BCUT2D eigenvalue weighted by molar-refractivity contribution is 0.315. The van der Waals surface area contributed by atoms with Gasteiger partial charge in [0.1, 0.15) is 5.75 Å². The Kier molecular flexibility index (Phi) is 5.88. The predicted octanol–water partition coefficient (Wildman–Crippen LogP) is 2.81. The summed E-state index contributed by atoms with van der Waals surface area (Å²) in [6, 6.07) is 2.11. The molecule has 2 rings (SSSR count). The van der Waals surface area contributed by atoms with Crippen LogP contribution in [0, 0.1) is 0 Å². The standard InChI is InChI=1S/C14H20N4OS/c1-3-5-16-14(13-10-17-18-20-13)11-7-12(9-15-8-11)19-6-4-2/h7-10,14,16H,3-6H2,1-2H3. The second kappa shape index (κ2) is 7.91. The maximum Gasteiger partial charge on any atom is 0.137 e. The van der Waals surface area contributed by atoms with Crippen molar-refractivity contribution in [1.82, 2.24) is 19.9 Å². The molecule has 0 spiro atoms. The lowest BCUT2D eigenvalue weighted by Gasteiger charge is -2.17. The molecule has 6 heteroatoms. The normalized spacial score (nSPS) is 12.3. The van der Waals surface area contributed by atoms with Crippen LogP contribution in [-0.4, -0.2) is 27.7 Å². The van der Waals surface area contributed by atoms with E-state index in [0.717, 1.165) is 35.6 Å². The van der Waals surface area contributed by atoms with Crippen LogP contribution in [0.4, 0.5) is 0 Å². The largest absolute Gasteiger partial charge is 0.492 e. The zero-order valence-corrected chi connectivity index (χ0v) is 12.7. The third-order valence-electron chi connectivity index (χ3n) is 2.80. The molecule has 0 saturated carbocycles. The van der Waals surface area contributed by atoms with Crippen molar-refractivity contribution < 1.29 is 4.74 Å². The van der Waals surface area contributed by atoms with Gasteiger partial charge in [-0.05, 0) is 42.5 Å². The molecule has 1 N–H and O–H groups in total. The van der Waals surface area contributed by atoms with Gasteiger partial charge in [0.25, 0.3) is 0 Å². The van der Waals surface area contributed by atoms with Gasteiger partial charge in [-0.1, -0.05) is 18.3 Å². The van der Waals surface area contributed by atoms with Crippen LogP contribution in [0.15, 0.2) is 24.7 Å². The van der Waals surface area contributed by atoms with Crippen molar-refractivity contribution in [1.29, 1.82) is 0 Å². The molecule has 1 unspecified atom stereocenters. The first kappa shape index (κ1) is 14.9. The summed E-state index contributed by atoms with van der Waals surface area (Å²) < 4.78 is 9.60. The Bertz CT molecular complexity index is 504. The van der Waals surface area contributed by atoms with Crippen molar-refractivity contribution in [2.75, 3.05) is 13.2 Å². The fraction of sp³-hybridized carbons (Fsp3) is 0.500. The molecule has 5 nitrogen and oxygen atoms in total. The average Bonchev–Trinajstić information content (AvgIpc) is 3.00. The third kappa shape index (κ3) is 3.98. The van der Waals surface area contributed by atoms with Crippen LogP contribution in [0.25, 0.3) is 0 Å². The third-order valence-corrected chi connectivity index (χ3v) is 3.53. The van der Waals surface area contributed by atoms with Crippen molar-refractivity contribution >= 4 is 11.5 Å². The van der Waals surface area contributed by atoms with E-state index in [1.807, 2.05) is 12.3 Å². The number of hydrogen-bond acceptors (Lipinski definition) is 6. The highest BCUT2D eigenvalue weighted by Gasteiger charge is 2.16. The molecule has 0 fully saturated rings. The van der Waals surface area contributed by atoms with Gasteiger partial charge in [-0.15, -0.1) is 5.10 Å². The van der Waals surface area contributed by atoms with E-state index < -0.39 is 0 Å². The Balaban J connectivity index is 2.19. The van der Waals surface area contributed by atoms with Crippen molar-refractivity contribution in [2.24, 2.45) is 0 Å². The molecular weight excluding hydrogens is 272 g/mol. The molecule has 0 amide bonds. The fourth-order valence-electron chi connectivity index (χ4n) is 1.87. The number of nitrogens with one attached hydrogen (secondary N) is 1. The molecule has 1 atom stereocenters. The molecule has 0 aliphatic rings. The summed E-state index contributed by atoms with van der Waals surface area (Å²) in [6.07, 6.45) is 7.48. The summed E-state index contributed by atoms with van der Waals surface area (Å²) in [6.45, 7) is 5.88. The molecule has 20 heavy (non-hydrogen) atoms. The van der Waals surface area contributed by atoms with Crippen LogP contribution in [0.5, 0.6) is 5.75 Å². The Morgan fingerprint density at radius 2 is 2.15 bits per heavy atom. The van der Waals surface area contributed by atoms with E-state index >= 15 is 0 Å². The average molecular weight is 292 g/mol. The Morgan fingerprint density at radius 3 is 2.85 bits per heavy atom. The molecule has 0 saturated heterocycles. The minimum atomic E-state index is 0.0765. The highest BCUT2D eigenvalue weighted by atomic mass is 32.1. The van der Waals surface area contributed by atoms with Crippen LogP contribution in [0.1, 0.15) is 43.2 Å². The van der Waals surface area contributed by atoms with Crippen LogP contribution in [0.3, 0.4) is 0 Å². The van der Waals surface area contributed by atoms with E-state index in [-0.39, 0.29) is 6.04 Å². The molecule has 0 aliphatic heterocycles. The number of pyridine rings is 1. The van der Waals surface area contributed by atoms with Crippen LogP contribution in [0.2, 0.25) is 0 Å². The Hall–Kier alpha value is -1.53. The fourth-order valence-corrected chi connectivity index (χ4v) is 2.47. The minimum absolute atomic E-state index is 0.0765. The lowest BCUT2D eigenvalue weighted by Crippen LogP contribution is -2.22. The first-order chi connectivity index (χ1) is 9.85. The molecule has 2 aromatic rings. The molecule has 0 bridgehead atoms. The monoisotopic (exact) mass is 292 g/mol. The highest BCUT2D eigenvalue weighted by Crippen LogP contribution is 2.25. The van der Waals surface area contributed by atoms with Crippen molar-refractivity contribution in [3.05, 3.63) is 35.1 Å². The van der Waals surface area contributed by atoms with Crippen LogP contribution >= 0.6 is 11.5 Å². The SMILES string of the molecule is CCCNC(c1cncc(OCCC)c1)c1cnns1. The summed E-state index contributed by atoms with van der Waals surface area (Å²) in [5.74, 6) is 0.810. The van der Waals surface area contributed by atoms with E-state index in [1.165, 1.54) is 11.5 Å². The van der Waals surface area contributed by atoms with E-state index in [0.29, 0.717) is 6.61 Å². The minimum Gasteiger partial charge on any atom is -0.492 e. The number of aromatic nitrogens is 3. The molecule has 2 heterocycles. The first-order valence-corrected chi connectivity index (χ1v) is 7.70. The van der Waals surface area contributed by atoms with E-state index in [4.69, 9.17) is 4.74 Å². The van der Waals surface area contributed by atoms with Gasteiger partial charge in [-0.3, -0.25) is 4.98 Å². The molecular formula is C14H20N4OS. The molecule has 2 aromatic heterocycles. The second-order valence-corrected chi connectivity index (χ2v) is 5.33. The van der Waals surface area contributed by atoms with Gasteiger partial charge in [0.15, 0.2) is 0 Å². The summed E-state index contributed by atoms with van der Waals surface area (Å²) in [7, 11) is 0. The van der Waals surface area contributed by atoms with E-state index in [9.17, 15) is 0 Å². The summed E-state index contributed by atoms with van der Waals surface area (Å²) in [4.78, 5) is 5.37. The molecule has 0 radical (unpaired) electrons. The number of ether oxygens (including phenoxy) is 1. The maximum atomic E-state index is 5.65. The summed E-state index contributed by atoms with van der Waals surface area (Å²) in [5, 5.41) is 7.43. The molecule has 0 aromatic carbocycles. The van der Waals surface area contributed by atoms with Crippen molar-refractivity contribution in [2.45, 2.75) is 32.7 Å². The van der Waals surface area contributed by atoms with Crippen molar-refractivity contribution in [3.8, 4) is 5.75 Å². The number of hydrogen-bond donors (Lipinski definition) is 1. The maximum absolute atomic E-state index is 5.65. The van der Waals surface area contributed by atoms with Gasteiger partial charge < -0.3 is 10.1 Å². The Morgan fingerprint density at radius 1 is 1.25 bits per heavy atom. The topological polar surface area (TPSA) is 59.9 Å². The van der Waals surface area contributed by atoms with Crippen LogP contribution in [-0.2, 0) is 0 Å². The lowest BCUT2D eigenvalue weighted by atomic mass is 10.1. The van der Waals surface area contributed by atoms with Gasteiger partial charge in [-0.25, -0.2) is 0 Å². The summed E-state index contributed by atoms with van der Waals surface area (Å²) in [5.41, 5.74) is 1.08. The second-order valence-electron chi connectivity index (χ2n) is 4.51. The quantitative estimate of drug-likeness (QED) is 0.810. The number of nitrogens with zero attached hydrogens (tertiary/aromatic N) is 3. The highest BCUT2D eigenvalue weighted by molar-refractivity contribution is 7.05. The summed E-state index contributed by atoms with van der Waals surface area (Å²) >= 11 is 1.41. The van der Waals surface area contributed by atoms with Gasteiger partial charge in [-0.2, -0.15) is 0 Å². The van der Waals surface area contributed by atoms with E-state index in [2.05, 4.69) is 33.7 Å². The zero-order chi connectivity index (χ0) is 14.2. The smallest absolute Gasteiger partial charge is 0.137 e. The first-order valence-electron chi connectivity index (χ1n) is 6.93. The predicted molar refractivity (Wildman–Crippen MR) is 80.1 cm³/mol. The van der Waals surface area contributed by atoms with Gasteiger partial charge >= 0.3 is 0 Å². The van der Waals surface area contributed by atoms with Crippen LogP contribution < -0.4 is 10.1 Å². The molecule has 108 valence electrons. The van der Waals surface area contributed by atoms with Gasteiger partial charge in [0.05, 0.1) is 29.9 Å². The van der Waals surface area contributed by atoms with Gasteiger partial charge in [0.2, 0.25) is 0 Å². The van der Waals surface area contributed by atoms with E-state index in [1.54, 1.807) is 12.4 Å². The Labute approximate surface area is 123 Å². The number of rotatable bonds is 8. The molecule has 0 aliphatic carbocycles. The van der Waals surface area contributed by atoms with Crippen molar-refractivity contribution in [3.63, 3.8) is 0 Å². The zero-order valence-electron chi connectivity index (χ0n) is 11.9. The van der Waals surface area contributed by atoms with Gasteiger partial charge in [0, 0.05) is 6.20 Å².